The largest absolute Gasteiger partial charge is 0.493 e. The van der Waals surface area contributed by atoms with Crippen molar-refractivity contribution in [2.24, 2.45) is 0 Å². The van der Waals surface area contributed by atoms with Gasteiger partial charge in [0.1, 0.15) is 5.75 Å². The molecule has 1 unspecified atom stereocenters. The van der Waals surface area contributed by atoms with Crippen molar-refractivity contribution in [1.82, 2.24) is 5.32 Å². The zero-order valence-electron chi connectivity index (χ0n) is 10.9. The molecule has 19 heavy (non-hydrogen) atoms. The highest BCUT2D eigenvalue weighted by Gasteiger charge is 2.29. The first kappa shape index (κ1) is 12.6. The molecular formula is C14H17ClN2O2. The second kappa shape index (κ2) is 4.93. The van der Waals surface area contributed by atoms with Crippen LogP contribution in [0.3, 0.4) is 0 Å². The van der Waals surface area contributed by atoms with E-state index in [-0.39, 0.29) is 11.9 Å². The molecule has 102 valence electrons. The smallest absolute Gasteiger partial charge is 0.217 e. The van der Waals surface area contributed by atoms with Crippen LogP contribution in [0.5, 0.6) is 5.75 Å². The number of ether oxygens (including phenoxy) is 1. The molecule has 1 aromatic carbocycles. The Balaban J connectivity index is 1.84. The van der Waals surface area contributed by atoms with Crippen molar-refractivity contribution >= 4 is 23.2 Å². The standard InChI is InChI=1S/C14H17ClN2O2/c1-9(18)16-10-4-6-17(8-10)14-11-5-7-19-13(11)3-2-12(14)15/h2-3,10H,4-8H2,1H3,(H,16,18). The maximum Gasteiger partial charge on any atom is 0.217 e. The Morgan fingerprint density at radius 1 is 1.53 bits per heavy atom. The number of carbonyl (C=O) groups excluding carboxylic acids is 1. The number of halogens is 1. The highest BCUT2D eigenvalue weighted by atomic mass is 35.5. The first-order valence-corrected chi connectivity index (χ1v) is 6.99. The quantitative estimate of drug-likeness (QED) is 0.901. The third kappa shape index (κ3) is 2.37. The summed E-state index contributed by atoms with van der Waals surface area (Å²) in [6.07, 6.45) is 1.87. The molecule has 0 spiro atoms. The van der Waals surface area contributed by atoms with E-state index in [4.69, 9.17) is 16.3 Å². The third-order valence-electron chi connectivity index (χ3n) is 3.71. The lowest BCUT2D eigenvalue weighted by molar-refractivity contribution is -0.119. The van der Waals surface area contributed by atoms with Gasteiger partial charge in [0.15, 0.2) is 0 Å². The van der Waals surface area contributed by atoms with Gasteiger partial charge in [-0.1, -0.05) is 11.6 Å². The molecule has 0 aliphatic carbocycles. The predicted molar refractivity (Wildman–Crippen MR) is 75.1 cm³/mol. The van der Waals surface area contributed by atoms with Crippen LogP contribution in [0.4, 0.5) is 5.69 Å². The summed E-state index contributed by atoms with van der Waals surface area (Å²) in [4.78, 5) is 13.4. The molecule has 1 atom stereocenters. The molecule has 0 bridgehead atoms. The maximum atomic E-state index is 11.1. The van der Waals surface area contributed by atoms with Gasteiger partial charge in [-0.15, -0.1) is 0 Å². The van der Waals surface area contributed by atoms with E-state index in [9.17, 15) is 4.79 Å². The van der Waals surface area contributed by atoms with Crippen LogP contribution in [-0.4, -0.2) is 31.6 Å². The van der Waals surface area contributed by atoms with E-state index >= 15 is 0 Å². The zero-order valence-corrected chi connectivity index (χ0v) is 11.7. The number of fused-ring (bicyclic) bond motifs is 1. The Kier molecular flexibility index (Phi) is 3.27. The molecule has 4 nitrogen and oxygen atoms in total. The lowest BCUT2D eigenvalue weighted by Crippen LogP contribution is -2.35. The summed E-state index contributed by atoms with van der Waals surface area (Å²) in [5.74, 6) is 0.974. The highest BCUT2D eigenvalue weighted by Crippen LogP contribution is 2.40. The number of anilines is 1. The van der Waals surface area contributed by atoms with E-state index in [0.717, 1.165) is 49.0 Å². The van der Waals surface area contributed by atoms with Gasteiger partial charge in [-0.3, -0.25) is 4.79 Å². The van der Waals surface area contributed by atoms with Crippen LogP contribution < -0.4 is 15.0 Å². The molecule has 2 aliphatic rings. The van der Waals surface area contributed by atoms with E-state index in [1.807, 2.05) is 12.1 Å². The second-order valence-corrected chi connectivity index (χ2v) is 5.51. The summed E-state index contributed by atoms with van der Waals surface area (Å²) in [7, 11) is 0. The number of rotatable bonds is 2. The molecule has 5 heteroatoms. The summed E-state index contributed by atoms with van der Waals surface area (Å²) in [5, 5.41) is 3.74. The molecule has 1 amide bonds. The fourth-order valence-electron chi connectivity index (χ4n) is 2.94. The molecule has 0 saturated carbocycles. The maximum absolute atomic E-state index is 11.1. The van der Waals surface area contributed by atoms with Crippen molar-refractivity contribution in [1.29, 1.82) is 0 Å². The van der Waals surface area contributed by atoms with Gasteiger partial charge in [-0.2, -0.15) is 0 Å². The Labute approximate surface area is 117 Å². The van der Waals surface area contributed by atoms with Gasteiger partial charge in [-0.05, 0) is 18.6 Å². The second-order valence-electron chi connectivity index (χ2n) is 5.10. The summed E-state index contributed by atoms with van der Waals surface area (Å²) < 4.78 is 5.59. The van der Waals surface area contributed by atoms with Gasteiger partial charge in [-0.25, -0.2) is 0 Å². The average molecular weight is 281 g/mol. The minimum absolute atomic E-state index is 0.0274. The lowest BCUT2D eigenvalue weighted by Gasteiger charge is -2.22. The van der Waals surface area contributed by atoms with Crippen LogP contribution in [0.2, 0.25) is 5.02 Å². The SMILES string of the molecule is CC(=O)NC1CCN(c2c(Cl)ccc3c2CCO3)C1. The van der Waals surface area contributed by atoms with Crippen LogP contribution in [0.25, 0.3) is 0 Å². The topological polar surface area (TPSA) is 41.6 Å². The summed E-state index contributed by atoms with van der Waals surface area (Å²) in [5.41, 5.74) is 2.29. The van der Waals surface area contributed by atoms with Crippen LogP contribution in [0.1, 0.15) is 18.9 Å². The van der Waals surface area contributed by atoms with E-state index in [0.29, 0.717) is 0 Å². The Hall–Kier alpha value is -1.42. The number of hydrogen-bond acceptors (Lipinski definition) is 3. The van der Waals surface area contributed by atoms with Crippen LogP contribution >= 0.6 is 11.6 Å². The molecule has 1 aromatic rings. The van der Waals surface area contributed by atoms with Gasteiger partial charge < -0.3 is 15.0 Å². The van der Waals surface area contributed by atoms with Gasteiger partial charge >= 0.3 is 0 Å². The minimum atomic E-state index is 0.0274. The average Bonchev–Trinajstić information content (AvgIpc) is 2.97. The van der Waals surface area contributed by atoms with Crippen molar-refractivity contribution in [2.45, 2.75) is 25.8 Å². The van der Waals surface area contributed by atoms with Crippen molar-refractivity contribution in [3.8, 4) is 5.75 Å². The Morgan fingerprint density at radius 3 is 3.16 bits per heavy atom. The number of carbonyl (C=O) groups is 1. The number of benzene rings is 1. The van der Waals surface area contributed by atoms with Crippen molar-refractivity contribution < 1.29 is 9.53 Å². The molecular weight excluding hydrogens is 264 g/mol. The fourth-order valence-corrected chi connectivity index (χ4v) is 3.24. The van der Waals surface area contributed by atoms with Gasteiger partial charge in [0, 0.05) is 38.0 Å². The third-order valence-corrected chi connectivity index (χ3v) is 4.02. The normalized spacial score (nSPS) is 21.2. The molecule has 2 heterocycles. The summed E-state index contributed by atoms with van der Waals surface area (Å²) >= 11 is 6.36. The van der Waals surface area contributed by atoms with Gasteiger partial charge in [0.25, 0.3) is 0 Å². The monoisotopic (exact) mass is 280 g/mol. The number of amides is 1. The number of nitrogens with zero attached hydrogens (tertiary/aromatic N) is 1. The van der Waals surface area contributed by atoms with E-state index in [2.05, 4.69) is 10.2 Å². The van der Waals surface area contributed by atoms with E-state index in [1.165, 1.54) is 5.56 Å². The molecule has 1 N–H and O–H groups in total. The highest BCUT2D eigenvalue weighted by molar-refractivity contribution is 6.33. The summed E-state index contributed by atoms with van der Waals surface area (Å²) in [6, 6.07) is 4.05. The van der Waals surface area contributed by atoms with Crippen molar-refractivity contribution in [2.75, 3.05) is 24.6 Å². The van der Waals surface area contributed by atoms with Crippen LogP contribution in [0, 0.1) is 0 Å². The zero-order chi connectivity index (χ0) is 13.4. The van der Waals surface area contributed by atoms with Crippen molar-refractivity contribution in [3.05, 3.63) is 22.7 Å². The minimum Gasteiger partial charge on any atom is -0.493 e. The number of hydrogen-bond donors (Lipinski definition) is 1. The molecule has 3 rings (SSSR count). The molecule has 2 aliphatic heterocycles. The van der Waals surface area contributed by atoms with Crippen molar-refractivity contribution in [3.63, 3.8) is 0 Å². The van der Waals surface area contributed by atoms with Gasteiger partial charge in [0.2, 0.25) is 5.91 Å². The number of nitrogens with one attached hydrogen (secondary N) is 1. The molecule has 0 aromatic heterocycles. The summed E-state index contributed by atoms with van der Waals surface area (Å²) in [6.45, 7) is 4.02. The first-order valence-electron chi connectivity index (χ1n) is 6.61. The van der Waals surface area contributed by atoms with E-state index in [1.54, 1.807) is 6.92 Å². The van der Waals surface area contributed by atoms with Crippen LogP contribution in [-0.2, 0) is 11.2 Å². The van der Waals surface area contributed by atoms with Gasteiger partial charge in [0.05, 0.1) is 17.3 Å². The first-order chi connectivity index (χ1) is 9.15. The Bertz CT molecular complexity index is 518. The van der Waals surface area contributed by atoms with Crippen LogP contribution in [0.15, 0.2) is 12.1 Å². The molecule has 1 fully saturated rings. The predicted octanol–water partition coefficient (Wildman–Crippen LogP) is 1.99. The Morgan fingerprint density at radius 2 is 2.37 bits per heavy atom. The van der Waals surface area contributed by atoms with E-state index < -0.39 is 0 Å². The molecule has 0 radical (unpaired) electrons. The molecule has 1 saturated heterocycles. The lowest BCUT2D eigenvalue weighted by atomic mass is 10.1. The fraction of sp³-hybridized carbons (Fsp3) is 0.500.